The number of nitrogens with zero attached hydrogens (tertiary/aromatic N) is 5. The Balaban J connectivity index is 1.49. The second-order valence-electron chi connectivity index (χ2n) is 6.66. The maximum Gasteiger partial charge on any atom is 0.224 e. The zero-order chi connectivity index (χ0) is 20.5. The van der Waals surface area contributed by atoms with E-state index in [1.807, 2.05) is 48.7 Å². The average molecular weight is 429 g/mol. The fraction of sp³-hybridized carbons (Fsp3) is 0.200. The molecule has 3 aromatic heterocycles. The van der Waals surface area contributed by atoms with Gasteiger partial charge in [-0.15, -0.1) is 10.2 Å². The van der Waals surface area contributed by atoms with Gasteiger partial charge < -0.3 is 5.32 Å². The molecule has 3 heterocycles. The predicted molar refractivity (Wildman–Crippen MR) is 112 cm³/mol. The van der Waals surface area contributed by atoms with Gasteiger partial charge in [-0.25, -0.2) is 4.68 Å². The molecule has 1 amide bonds. The number of carbonyl (C=O) groups excluding carboxylic acids is 1. The number of hydrogen-bond donors (Lipinski definition) is 1. The molecule has 4 aromatic rings. The van der Waals surface area contributed by atoms with E-state index in [1.165, 1.54) is 0 Å². The molecular weight excluding hydrogens is 411 g/mol. The van der Waals surface area contributed by atoms with Gasteiger partial charge in [-0.3, -0.25) is 9.20 Å². The number of hydrogen-bond acceptors (Lipinski definition) is 4. The molecule has 1 N–H and O–H groups in total. The van der Waals surface area contributed by atoms with Crippen LogP contribution in [0.25, 0.3) is 11.3 Å². The van der Waals surface area contributed by atoms with Crippen LogP contribution in [0, 0.1) is 13.8 Å². The number of amides is 1. The summed E-state index contributed by atoms with van der Waals surface area (Å²) in [4.78, 5) is 12.5. The fourth-order valence-corrected chi connectivity index (χ4v) is 3.50. The van der Waals surface area contributed by atoms with Crippen molar-refractivity contribution in [3.05, 3.63) is 75.4 Å². The lowest BCUT2D eigenvalue weighted by molar-refractivity contribution is -0.120. The molecule has 9 heteroatoms. The number of fused-ring (bicyclic) bond motifs is 1. The maximum absolute atomic E-state index is 12.5. The third-order valence-corrected chi connectivity index (χ3v) is 5.49. The lowest BCUT2D eigenvalue weighted by atomic mass is 10.1. The van der Waals surface area contributed by atoms with Gasteiger partial charge in [-0.05, 0) is 44.2 Å². The van der Waals surface area contributed by atoms with Gasteiger partial charge in [0.1, 0.15) is 0 Å². The van der Waals surface area contributed by atoms with E-state index in [9.17, 15) is 4.79 Å². The summed E-state index contributed by atoms with van der Waals surface area (Å²) in [6.07, 6.45) is 2.09. The predicted octanol–water partition coefficient (Wildman–Crippen LogP) is 3.70. The first-order valence-electron chi connectivity index (χ1n) is 9.00. The summed E-state index contributed by atoms with van der Waals surface area (Å²) in [5, 5.41) is 16.6. The lowest BCUT2D eigenvalue weighted by Gasteiger charge is -2.07. The zero-order valence-corrected chi connectivity index (χ0v) is 17.4. The summed E-state index contributed by atoms with van der Waals surface area (Å²) in [6.45, 7) is 4.11. The van der Waals surface area contributed by atoms with Crippen LogP contribution in [-0.4, -0.2) is 30.3 Å². The van der Waals surface area contributed by atoms with Gasteiger partial charge in [-0.1, -0.05) is 29.3 Å². The second kappa shape index (κ2) is 7.85. The summed E-state index contributed by atoms with van der Waals surface area (Å²) < 4.78 is 3.62. The lowest BCUT2D eigenvalue weighted by Crippen LogP contribution is -2.26. The van der Waals surface area contributed by atoms with Crippen molar-refractivity contribution in [2.75, 3.05) is 0 Å². The number of halogens is 2. The third kappa shape index (κ3) is 3.83. The van der Waals surface area contributed by atoms with E-state index in [4.69, 9.17) is 23.2 Å². The number of aryl methyl sites for hydroxylation is 1. The Morgan fingerprint density at radius 1 is 1.10 bits per heavy atom. The number of pyridine rings is 1. The van der Waals surface area contributed by atoms with E-state index in [0.717, 1.165) is 28.3 Å². The van der Waals surface area contributed by atoms with Crippen molar-refractivity contribution >= 4 is 34.8 Å². The first-order valence-corrected chi connectivity index (χ1v) is 9.75. The molecule has 0 spiro atoms. The molecule has 0 aliphatic rings. The van der Waals surface area contributed by atoms with Crippen LogP contribution in [0.4, 0.5) is 0 Å². The van der Waals surface area contributed by atoms with Crippen molar-refractivity contribution in [1.82, 2.24) is 29.7 Å². The minimum atomic E-state index is -0.113. The molecule has 0 aliphatic carbocycles. The van der Waals surface area contributed by atoms with Crippen molar-refractivity contribution in [2.45, 2.75) is 26.8 Å². The monoisotopic (exact) mass is 428 g/mol. The molecule has 0 radical (unpaired) electrons. The van der Waals surface area contributed by atoms with Crippen LogP contribution in [0.5, 0.6) is 0 Å². The Labute approximate surface area is 177 Å². The molecule has 148 valence electrons. The van der Waals surface area contributed by atoms with Crippen LogP contribution in [-0.2, 0) is 17.8 Å². The van der Waals surface area contributed by atoms with Gasteiger partial charge in [-0.2, -0.15) is 5.10 Å². The van der Waals surface area contributed by atoms with Crippen molar-refractivity contribution in [2.24, 2.45) is 0 Å². The molecule has 0 atom stereocenters. The second-order valence-corrected chi connectivity index (χ2v) is 7.47. The van der Waals surface area contributed by atoms with E-state index in [-0.39, 0.29) is 12.3 Å². The number of rotatable bonds is 5. The van der Waals surface area contributed by atoms with Gasteiger partial charge in [0.25, 0.3) is 0 Å². The number of benzene rings is 1. The highest BCUT2D eigenvalue weighted by atomic mass is 35.5. The summed E-state index contributed by atoms with van der Waals surface area (Å²) in [5.74, 6) is 0.562. The maximum atomic E-state index is 12.5. The first kappa shape index (κ1) is 19.4. The SMILES string of the molecule is Cc1nn(-c2ccc(Cl)c(Cl)c2)c(C)c1CC(=O)NCc1nnc2ccccn12. The van der Waals surface area contributed by atoms with Crippen LogP contribution in [0.2, 0.25) is 10.0 Å². The molecule has 29 heavy (non-hydrogen) atoms. The van der Waals surface area contributed by atoms with Crippen molar-refractivity contribution in [3.63, 3.8) is 0 Å². The number of carbonyl (C=O) groups is 1. The highest BCUT2D eigenvalue weighted by Gasteiger charge is 2.17. The molecule has 0 saturated carbocycles. The summed E-state index contributed by atoms with van der Waals surface area (Å²) in [6, 6.07) is 11.0. The largest absolute Gasteiger partial charge is 0.348 e. The van der Waals surface area contributed by atoms with Crippen molar-refractivity contribution in [1.29, 1.82) is 0 Å². The van der Waals surface area contributed by atoms with Crippen LogP contribution in [0.3, 0.4) is 0 Å². The molecule has 4 rings (SSSR count). The smallest absolute Gasteiger partial charge is 0.224 e. The van der Waals surface area contributed by atoms with Gasteiger partial charge in [0.05, 0.1) is 34.4 Å². The van der Waals surface area contributed by atoms with Crippen molar-refractivity contribution in [3.8, 4) is 5.69 Å². The highest BCUT2D eigenvalue weighted by molar-refractivity contribution is 6.42. The first-order chi connectivity index (χ1) is 13.9. The standard InChI is InChI=1S/C20H18Cl2N6O/c1-12-15(13(2)28(26-12)14-6-7-16(21)17(22)9-14)10-20(29)23-11-19-25-24-18-5-3-4-8-27(18)19/h3-9H,10-11H2,1-2H3,(H,23,29). The summed E-state index contributed by atoms with van der Waals surface area (Å²) in [7, 11) is 0. The molecular formula is C20H18Cl2N6O. The molecule has 0 aliphatic heterocycles. The summed E-state index contributed by atoms with van der Waals surface area (Å²) in [5.41, 5.74) is 4.08. The van der Waals surface area contributed by atoms with E-state index >= 15 is 0 Å². The van der Waals surface area contributed by atoms with Gasteiger partial charge in [0.15, 0.2) is 11.5 Å². The number of aromatic nitrogens is 5. The van der Waals surface area contributed by atoms with Crippen LogP contribution in [0.1, 0.15) is 22.8 Å². The Kier molecular flexibility index (Phi) is 5.25. The van der Waals surface area contributed by atoms with Crippen LogP contribution < -0.4 is 5.32 Å². The van der Waals surface area contributed by atoms with Gasteiger partial charge in [0, 0.05) is 17.5 Å². The van der Waals surface area contributed by atoms with Crippen LogP contribution >= 0.6 is 23.2 Å². The molecule has 0 unspecified atom stereocenters. The van der Waals surface area contributed by atoms with Gasteiger partial charge >= 0.3 is 0 Å². The molecule has 7 nitrogen and oxygen atoms in total. The fourth-order valence-electron chi connectivity index (χ4n) is 3.21. The molecule has 1 aromatic carbocycles. The Bertz CT molecular complexity index is 1210. The van der Waals surface area contributed by atoms with E-state index in [0.29, 0.717) is 22.4 Å². The van der Waals surface area contributed by atoms with E-state index < -0.39 is 0 Å². The highest BCUT2D eigenvalue weighted by Crippen LogP contribution is 2.26. The van der Waals surface area contributed by atoms with Crippen molar-refractivity contribution < 1.29 is 4.79 Å². The van der Waals surface area contributed by atoms with Gasteiger partial charge in [0.2, 0.25) is 5.91 Å². The van der Waals surface area contributed by atoms with E-state index in [1.54, 1.807) is 16.8 Å². The molecule has 0 fully saturated rings. The normalized spacial score (nSPS) is 11.2. The Morgan fingerprint density at radius 3 is 2.72 bits per heavy atom. The quantitative estimate of drug-likeness (QED) is 0.525. The molecule has 0 saturated heterocycles. The Hall–Kier alpha value is -2.90. The minimum Gasteiger partial charge on any atom is -0.348 e. The van der Waals surface area contributed by atoms with E-state index in [2.05, 4.69) is 20.6 Å². The van der Waals surface area contributed by atoms with Crippen LogP contribution in [0.15, 0.2) is 42.6 Å². The summed E-state index contributed by atoms with van der Waals surface area (Å²) >= 11 is 12.1. The molecule has 0 bridgehead atoms. The topological polar surface area (TPSA) is 77.1 Å². The minimum absolute atomic E-state index is 0.113. The number of nitrogens with one attached hydrogen (secondary N) is 1. The Morgan fingerprint density at radius 2 is 1.93 bits per heavy atom. The third-order valence-electron chi connectivity index (χ3n) is 4.75. The average Bonchev–Trinajstić information content (AvgIpc) is 3.24. The zero-order valence-electron chi connectivity index (χ0n) is 15.9.